The first-order valence-corrected chi connectivity index (χ1v) is 5.08. The summed E-state index contributed by atoms with van der Waals surface area (Å²) in [6.45, 7) is 5.80. The summed E-state index contributed by atoms with van der Waals surface area (Å²) >= 11 is 0. The molecule has 0 amide bonds. The van der Waals surface area contributed by atoms with Gasteiger partial charge in [-0.1, -0.05) is 19.9 Å². The molecule has 0 radical (unpaired) electrons. The highest BCUT2D eigenvalue weighted by Gasteiger charge is 2.07. The van der Waals surface area contributed by atoms with Gasteiger partial charge in [0, 0.05) is 6.92 Å². The van der Waals surface area contributed by atoms with E-state index in [9.17, 15) is 4.79 Å². The number of nitrogens with one attached hydrogen (secondary N) is 1. The van der Waals surface area contributed by atoms with Gasteiger partial charge in [0.15, 0.2) is 11.6 Å². The topological polar surface area (TPSA) is 45.8 Å². The molecule has 0 unspecified atom stereocenters. The number of carbonyl (C=O) groups excluding carboxylic acids is 1. The van der Waals surface area contributed by atoms with Gasteiger partial charge in [-0.3, -0.25) is 4.79 Å². The molecule has 0 spiro atoms. The molecule has 78 valence electrons. The Hall–Kier alpha value is -1.64. The predicted octanol–water partition coefficient (Wildman–Crippen LogP) is 2.89. The molecule has 0 aliphatic heterocycles. The number of rotatable bonds is 2. The van der Waals surface area contributed by atoms with Gasteiger partial charge < -0.3 is 4.98 Å². The van der Waals surface area contributed by atoms with Gasteiger partial charge >= 0.3 is 0 Å². The summed E-state index contributed by atoms with van der Waals surface area (Å²) < 4.78 is 0. The Bertz CT molecular complexity index is 511. The molecule has 1 aromatic carbocycles. The van der Waals surface area contributed by atoms with Crippen molar-refractivity contribution in [2.45, 2.75) is 26.7 Å². The summed E-state index contributed by atoms with van der Waals surface area (Å²) in [5.74, 6) is 0.890. The largest absolute Gasteiger partial charge is 0.335 e. The van der Waals surface area contributed by atoms with Crippen LogP contribution < -0.4 is 0 Å². The second-order valence-corrected chi connectivity index (χ2v) is 4.07. The van der Waals surface area contributed by atoms with Crippen LogP contribution >= 0.6 is 0 Å². The normalized spacial score (nSPS) is 11.2. The lowest BCUT2D eigenvalue weighted by Gasteiger charge is -2.03. The van der Waals surface area contributed by atoms with Crippen molar-refractivity contribution < 1.29 is 4.79 Å². The van der Waals surface area contributed by atoms with E-state index >= 15 is 0 Å². The third-order valence-corrected chi connectivity index (χ3v) is 2.51. The number of imidazole rings is 1. The molecule has 0 aliphatic carbocycles. The van der Waals surface area contributed by atoms with Gasteiger partial charge in [-0.15, -0.1) is 0 Å². The van der Waals surface area contributed by atoms with Crippen LogP contribution in [0, 0.1) is 0 Å². The van der Waals surface area contributed by atoms with Crippen LogP contribution in [0.3, 0.4) is 0 Å². The number of H-pyrrole nitrogens is 1. The van der Waals surface area contributed by atoms with Crippen molar-refractivity contribution in [3.8, 4) is 0 Å². The molecule has 1 heterocycles. The molecule has 0 bridgehead atoms. The summed E-state index contributed by atoms with van der Waals surface area (Å²) in [5.41, 5.74) is 3.04. The molecule has 2 rings (SSSR count). The maximum absolute atomic E-state index is 11.1. The number of nitrogens with zero attached hydrogens (tertiary/aromatic N) is 1. The maximum atomic E-state index is 11.1. The molecule has 0 fully saturated rings. The average molecular weight is 202 g/mol. The number of hydrogen-bond donors (Lipinski definition) is 1. The summed E-state index contributed by atoms with van der Waals surface area (Å²) in [6.07, 6.45) is 0. The minimum absolute atomic E-state index is 0.0303. The lowest BCUT2D eigenvalue weighted by Crippen LogP contribution is -1.93. The van der Waals surface area contributed by atoms with Gasteiger partial charge in [0.1, 0.15) is 0 Å². The van der Waals surface area contributed by atoms with E-state index in [1.54, 1.807) is 0 Å². The highest BCUT2D eigenvalue weighted by molar-refractivity contribution is 5.94. The first-order chi connectivity index (χ1) is 7.08. The average Bonchev–Trinajstić information content (AvgIpc) is 2.59. The Morgan fingerprint density at radius 1 is 1.40 bits per heavy atom. The van der Waals surface area contributed by atoms with Crippen LogP contribution in [0.2, 0.25) is 0 Å². The third-order valence-electron chi connectivity index (χ3n) is 2.51. The number of aromatic amines is 1. The van der Waals surface area contributed by atoms with Crippen LogP contribution in [0.15, 0.2) is 18.2 Å². The van der Waals surface area contributed by atoms with Crippen molar-refractivity contribution in [1.29, 1.82) is 0 Å². The van der Waals surface area contributed by atoms with E-state index < -0.39 is 0 Å². The number of aromatic nitrogens is 2. The molecular weight excluding hydrogens is 188 g/mol. The zero-order valence-electron chi connectivity index (χ0n) is 9.16. The molecule has 1 aromatic heterocycles. The number of carbonyl (C=O) groups is 1. The van der Waals surface area contributed by atoms with Gasteiger partial charge in [0.05, 0.1) is 11.0 Å². The van der Waals surface area contributed by atoms with E-state index in [-0.39, 0.29) is 5.78 Å². The highest BCUT2D eigenvalue weighted by Crippen LogP contribution is 2.19. The van der Waals surface area contributed by atoms with Crippen LogP contribution in [0.25, 0.3) is 11.0 Å². The standard InChI is InChI=1S/C12H14N2O/c1-7(2)9-4-5-10-11(6-9)14-12(13-10)8(3)15/h4-7H,1-3H3,(H,13,14). The number of fused-ring (bicyclic) bond motifs is 1. The molecule has 3 nitrogen and oxygen atoms in total. The quantitative estimate of drug-likeness (QED) is 0.761. The minimum atomic E-state index is -0.0303. The van der Waals surface area contributed by atoms with Crippen molar-refractivity contribution >= 4 is 16.8 Å². The molecule has 1 N–H and O–H groups in total. The van der Waals surface area contributed by atoms with E-state index in [0.29, 0.717) is 11.7 Å². The van der Waals surface area contributed by atoms with E-state index in [1.165, 1.54) is 12.5 Å². The van der Waals surface area contributed by atoms with Gasteiger partial charge in [-0.2, -0.15) is 0 Å². The molecule has 2 aromatic rings. The summed E-state index contributed by atoms with van der Waals surface area (Å²) in [5, 5.41) is 0. The van der Waals surface area contributed by atoms with Crippen LogP contribution in [-0.2, 0) is 0 Å². The van der Waals surface area contributed by atoms with Crippen LogP contribution in [-0.4, -0.2) is 15.8 Å². The zero-order chi connectivity index (χ0) is 11.0. The van der Waals surface area contributed by atoms with Crippen molar-refractivity contribution in [2.24, 2.45) is 0 Å². The Morgan fingerprint density at radius 3 is 2.73 bits per heavy atom. The molecule has 0 aliphatic rings. The SMILES string of the molecule is CC(=O)c1nc2ccc(C(C)C)cc2[nH]1. The van der Waals surface area contributed by atoms with Gasteiger partial charge in [0.2, 0.25) is 0 Å². The lowest BCUT2D eigenvalue weighted by atomic mass is 10.0. The smallest absolute Gasteiger partial charge is 0.195 e. The Kier molecular flexibility index (Phi) is 2.31. The van der Waals surface area contributed by atoms with Crippen molar-refractivity contribution in [2.75, 3.05) is 0 Å². The molecular formula is C12H14N2O. The maximum Gasteiger partial charge on any atom is 0.195 e. The van der Waals surface area contributed by atoms with Crippen LogP contribution in [0.1, 0.15) is 42.9 Å². The number of hydrogen-bond acceptors (Lipinski definition) is 2. The molecule has 0 saturated carbocycles. The second-order valence-electron chi connectivity index (χ2n) is 4.07. The second kappa shape index (κ2) is 3.50. The molecule has 0 atom stereocenters. The van der Waals surface area contributed by atoms with Gasteiger partial charge in [0.25, 0.3) is 0 Å². The van der Waals surface area contributed by atoms with Crippen LogP contribution in [0.5, 0.6) is 0 Å². The van der Waals surface area contributed by atoms with Crippen molar-refractivity contribution in [3.05, 3.63) is 29.6 Å². The first kappa shape index (κ1) is 9.90. The predicted molar refractivity (Wildman–Crippen MR) is 60.2 cm³/mol. The fourth-order valence-electron chi connectivity index (χ4n) is 1.55. The minimum Gasteiger partial charge on any atom is -0.335 e. The van der Waals surface area contributed by atoms with Gasteiger partial charge in [-0.25, -0.2) is 4.98 Å². The number of benzene rings is 1. The molecule has 15 heavy (non-hydrogen) atoms. The van der Waals surface area contributed by atoms with E-state index in [4.69, 9.17) is 0 Å². The van der Waals surface area contributed by atoms with Crippen LogP contribution in [0.4, 0.5) is 0 Å². The zero-order valence-corrected chi connectivity index (χ0v) is 9.16. The highest BCUT2D eigenvalue weighted by atomic mass is 16.1. The van der Waals surface area contributed by atoms with E-state index in [1.807, 2.05) is 6.07 Å². The summed E-state index contributed by atoms with van der Waals surface area (Å²) in [6, 6.07) is 6.06. The van der Waals surface area contributed by atoms with E-state index in [0.717, 1.165) is 11.0 Å². The number of ketones is 1. The van der Waals surface area contributed by atoms with Gasteiger partial charge in [-0.05, 0) is 23.6 Å². The monoisotopic (exact) mass is 202 g/mol. The summed E-state index contributed by atoms with van der Waals surface area (Å²) in [7, 11) is 0. The Morgan fingerprint density at radius 2 is 2.13 bits per heavy atom. The first-order valence-electron chi connectivity index (χ1n) is 5.08. The third kappa shape index (κ3) is 1.77. The Balaban J connectivity index is 2.57. The molecule has 3 heteroatoms. The van der Waals surface area contributed by atoms with E-state index in [2.05, 4.69) is 35.9 Å². The van der Waals surface area contributed by atoms with Crippen molar-refractivity contribution in [1.82, 2.24) is 9.97 Å². The fraction of sp³-hybridized carbons (Fsp3) is 0.333. The molecule has 0 saturated heterocycles. The number of Topliss-reactive ketones (excluding diaryl/α,β-unsaturated/α-hetero) is 1. The fourth-order valence-corrected chi connectivity index (χ4v) is 1.55. The van der Waals surface area contributed by atoms with Crippen molar-refractivity contribution in [3.63, 3.8) is 0 Å². The summed E-state index contributed by atoms with van der Waals surface area (Å²) in [4.78, 5) is 18.4. The Labute approximate surface area is 88.5 Å². The lowest BCUT2D eigenvalue weighted by molar-refractivity contribution is 0.100.